The molecule has 1 heterocycles. The van der Waals surface area contributed by atoms with Gasteiger partial charge in [0, 0.05) is 29.9 Å². The number of thiazole rings is 1. The Morgan fingerprint density at radius 3 is 2.74 bits per heavy atom. The van der Waals surface area contributed by atoms with Crippen molar-refractivity contribution in [2.24, 2.45) is 4.99 Å². The summed E-state index contributed by atoms with van der Waals surface area (Å²) in [4.78, 5) is 9.03. The minimum absolute atomic E-state index is 0. The summed E-state index contributed by atoms with van der Waals surface area (Å²) in [7, 11) is 0. The van der Waals surface area contributed by atoms with Gasteiger partial charge in [0.2, 0.25) is 0 Å². The van der Waals surface area contributed by atoms with Gasteiger partial charge >= 0.3 is 0 Å². The van der Waals surface area contributed by atoms with Crippen molar-refractivity contribution >= 4 is 52.9 Å². The molecule has 0 saturated carbocycles. The lowest BCUT2D eigenvalue weighted by Crippen LogP contribution is -2.38. The van der Waals surface area contributed by atoms with Gasteiger partial charge in [-0.2, -0.15) is 0 Å². The summed E-state index contributed by atoms with van der Waals surface area (Å²) in [5, 5.41) is 10.5. The molecule has 0 aliphatic heterocycles. The van der Waals surface area contributed by atoms with E-state index in [0.717, 1.165) is 46.8 Å². The van der Waals surface area contributed by atoms with Crippen molar-refractivity contribution in [3.8, 4) is 0 Å². The largest absolute Gasteiger partial charge is 0.357 e. The lowest BCUT2D eigenvalue weighted by molar-refractivity contribution is 0.790. The van der Waals surface area contributed by atoms with E-state index in [4.69, 9.17) is 11.6 Å². The van der Waals surface area contributed by atoms with Gasteiger partial charge in [-0.25, -0.2) is 9.98 Å². The van der Waals surface area contributed by atoms with Gasteiger partial charge in [-0.15, -0.1) is 35.3 Å². The lowest BCUT2D eigenvalue weighted by atomic mass is 10.2. The second-order valence-corrected chi connectivity index (χ2v) is 6.29. The molecule has 0 saturated heterocycles. The molecule has 0 amide bonds. The van der Waals surface area contributed by atoms with Crippen LogP contribution >= 0.6 is 46.9 Å². The molecule has 1 aromatic carbocycles. The van der Waals surface area contributed by atoms with Crippen molar-refractivity contribution in [1.29, 1.82) is 0 Å². The van der Waals surface area contributed by atoms with Gasteiger partial charge < -0.3 is 10.6 Å². The maximum Gasteiger partial charge on any atom is 0.191 e. The van der Waals surface area contributed by atoms with E-state index < -0.39 is 0 Å². The summed E-state index contributed by atoms with van der Waals surface area (Å²) in [5.41, 5.74) is 2.15. The van der Waals surface area contributed by atoms with E-state index in [1.807, 2.05) is 31.2 Å². The molecular weight excluding hydrogens is 443 g/mol. The van der Waals surface area contributed by atoms with Gasteiger partial charge in [-0.3, -0.25) is 0 Å². The van der Waals surface area contributed by atoms with E-state index in [9.17, 15) is 0 Å². The number of benzene rings is 1. The number of rotatable bonds is 6. The molecule has 0 fully saturated rings. The van der Waals surface area contributed by atoms with E-state index in [-0.39, 0.29) is 24.0 Å². The first-order valence-electron chi connectivity index (χ1n) is 7.35. The topological polar surface area (TPSA) is 49.3 Å². The summed E-state index contributed by atoms with van der Waals surface area (Å²) in [6.07, 6.45) is 0.890. The molecule has 23 heavy (non-hydrogen) atoms. The van der Waals surface area contributed by atoms with E-state index in [1.165, 1.54) is 0 Å². The normalized spacial score (nSPS) is 11.0. The SMILES string of the molecule is CCNC(=NCc1ccccc1Cl)NCCc1csc(C)n1.I. The molecule has 126 valence electrons. The van der Waals surface area contributed by atoms with Crippen LogP contribution < -0.4 is 10.6 Å². The van der Waals surface area contributed by atoms with E-state index in [2.05, 4.69) is 32.9 Å². The average molecular weight is 465 g/mol. The number of hydrogen-bond acceptors (Lipinski definition) is 3. The van der Waals surface area contributed by atoms with Gasteiger partial charge in [-0.1, -0.05) is 29.8 Å². The Kier molecular flexibility index (Phi) is 9.50. The molecule has 1 aromatic heterocycles. The van der Waals surface area contributed by atoms with Gasteiger partial charge in [-0.05, 0) is 25.5 Å². The Morgan fingerprint density at radius 1 is 1.30 bits per heavy atom. The molecule has 2 rings (SSSR count). The number of nitrogens with one attached hydrogen (secondary N) is 2. The molecule has 4 nitrogen and oxygen atoms in total. The fourth-order valence-corrected chi connectivity index (χ4v) is 2.81. The van der Waals surface area contributed by atoms with Crippen molar-refractivity contribution in [2.45, 2.75) is 26.8 Å². The van der Waals surface area contributed by atoms with Gasteiger partial charge in [0.15, 0.2) is 5.96 Å². The zero-order valence-corrected chi connectivity index (χ0v) is 17.2. The third-order valence-electron chi connectivity index (χ3n) is 3.05. The standard InChI is InChI=1S/C16H21ClN4S.HI/c1-3-18-16(19-9-8-14-11-22-12(2)21-14)20-10-13-6-4-5-7-15(13)17;/h4-7,11H,3,8-10H2,1-2H3,(H2,18,19,20);1H. The van der Waals surface area contributed by atoms with Gasteiger partial charge in [0.05, 0.1) is 17.2 Å². The summed E-state index contributed by atoms with van der Waals surface area (Å²) >= 11 is 7.84. The molecule has 0 bridgehead atoms. The highest BCUT2D eigenvalue weighted by atomic mass is 127. The molecule has 0 aliphatic rings. The van der Waals surface area contributed by atoms with Gasteiger partial charge in [0.25, 0.3) is 0 Å². The zero-order chi connectivity index (χ0) is 15.8. The highest BCUT2D eigenvalue weighted by Crippen LogP contribution is 2.15. The predicted molar refractivity (Wildman–Crippen MR) is 110 cm³/mol. The number of halogens is 2. The van der Waals surface area contributed by atoms with Crippen LogP contribution in [0.25, 0.3) is 0 Å². The monoisotopic (exact) mass is 464 g/mol. The first kappa shape index (κ1) is 20.2. The van der Waals surface area contributed by atoms with Crippen LogP contribution in [0.5, 0.6) is 0 Å². The van der Waals surface area contributed by atoms with Crippen molar-refractivity contribution in [2.75, 3.05) is 13.1 Å². The minimum Gasteiger partial charge on any atom is -0.357 e. The van der Waals surface area contributed by atoms with Crippen molar-refractivity contribution < 1.29 is 0 Å². The second kappa shape index (κ2) is 10.8. The summed E-state index contributed by atoms with van der Waals surface area (Å²) in [5.74, 6) is 0.800. The Labute approximate surface area is 163 Å². The van der Waals surface area contributed by atoms with Crippen molar-refractivity contribution in [3.63, 3.8) is 0 Å². The molecule has 0 radical (unpaired) electrons. The fraction of sp³-hybridized carbons (Fsp3) is 0.375. The molecule has 7 heteroatoms. The molecular formula is C16H22ClIN4S. The minimum atomic E-state index is 0. The third kappa shape index (κ3) is 7.05. The van der Waals surface area contributed by atoms with Crippen molar-refractivity contribution in [1.82, 2.24) is 15.6 Å². The number of aromatic nitrogens is 1. The molecule has 0 unspecified atom stereocenters. The first-order valence-corrected chi connectivity index (χ1v) is 8.61. The van der Waals surface area contributed by atoms with Crippen LogP contribution in [0.3, 0.4) is 0 Å². The van der Waals surface area contributed by atoms with Crippen LogP contribution in [0.15, 0.2) is 34.6 Å². The number of aliphatic imine (C=N–C) groups is 1. The Morgan fingerprint density at radius 2 is 2.09 bits per heavy atom. The van der Waals surface area contributed by atoms with Gasteiger partial charge in [0.1, 0.15) is 0 Å². The molecule has 0 atom stereocenters. The number of guanidine groups is 1. The van der Waals surface area contributed by atoms with Crippen LogP contribution in [-0.2, 0) is 13.0 Å². The maximum absolute atomic E-state index is 6.15. The molecule has 0 spiro atoms. The average Bonchev–Trinajstić information content (AvgIpc) is 2.92. The predicted octanol–water partition coefficient (Wildman–Crippen LogP) is 4.02. The summed E-state index contributed by atoms with van der Waals surface area (Å²) in [6.45, 7) is 6.26. The zero-order valence-electron chi connectivity index (χ0n) is 13.3. The molecule has 0 aliphatic carbocycles. The Bertz CT molecular complexity index is 630. The highest BCUT2D eigenvalue weighted by molar-refractivity contribution is 14.0. The number of aryl methyl sites for hydroxylation is 1. The Hall–Kier alpha value is -0.860. The first-order chi connectivity index (χ1) is 10.7. The molecule has 2 aromatic rings. The van der Waals surface area contributed by atoms with Crippen LogP contribution in [-0.4, -0.2) is 24.0 Å². The van der Waals surface area contributed by atoms with Crippen LogP contribution in [0, 0.1) is 6.92 Å². The summed E-state index contributed by atoms with van der Waals surface area (Å²) in [6, 6.07) is 7.78. The van der Waals surface area contributed by atoms with E-state index in [1.54, 1.807) is 11.3 Å². The fourth-order valence-electron chi connectivity index (χ4n) is 1.96. The van der Waals surface area contributed by atoms with Crippen molar-refractivity contribution in [3.05, 3.63) is 50.9 Å². The smallest absolute Gasteiger partial charge is 0.191 e. The number of nitrogens with zero attached hydrogens (tertiary/aromatic N) is 2. The second-order valence-electron chi connectivity index (χ2n) is 4.82. The molecule has 2 N–H and O–H groups in total. The Balaban J connectivity index is 0.00000264. The number of hydrogen-bond donors (Lipinski definition) is 2. The third-order valence-corrected chi connectivity index (χ3v) is 4.24. The maximum atomic E-state index is 6.15. The summed E-state index contributed by atoms with van der Waals surface area (Å²) < 4.78 is 0. The highest BCUT2D eigenvalue weighted by Gasteiger charge is 2.02. The van der Waals surface area contributed by atoms with E-state index >= 15 is 0 Å². The van der Waals surface area contributed by atoms with Crippen LogP contribution in [0.2, 0.25) is 5.02 Å². The van der Waals surface area contributed by atoms with Crippen LogP contribution in [0.4, 0.5) is 0 Å². The lowest BCUT2D eigenvalue weighted by Gasteiger charge is -2.11. The quantitative estimate of drug-likeness (QED) is 0.386. The van der Waals surface area contributed by atoms with Crippen LogP contribution in [0.1, 0.15) is 23.2 Å². The van der Waals surface area contributed by atoms with E-state index in [0.29, 0.717) is 6.54 Å².